The Kier molecular flexibility index (Phi) is 6.90. The molecule has 2 amide bonds. The lowest BCUT2D eigenvalue weighted by Gasteiger charge is -2.32. The van der Waals surface area contributed by atoms with Crippen molar-refractivity contribution in [2.45, 2.75) is 29.7 Å². The number of halogens is 1. The normalized spacial score (nSPS) is 14.8. The maximum atomic E-state index is 13.1. The second kappa shape index (κ2) is 9.37. The standard InChI is InChI=1S/C20H22BrN3O2S/c1-14(25)22-12-15-8-10-24(11-9-15)20(26)17-4-2-3-5-18(17)27-19-7-6-16(21)13-23-19/h2-7,13,15H,8-12H2,1H3,(H,22,25). The highest BCUT2D eigenvalue weighted by Crippen LogP contribution is 2.31. The molecule has 0 aliphatic carbocycles. The van der Waals surface area contributed by atoms with Crippen LogP contribution in [0.3, 0.4) is 0 Å². The average molecular weight is 448 g/mol. The lowest BCUT2D eigenvalue weighted by atomic mass is 9.96. The van der Waals surface area contributed by atoms with Crippen molar-refractivity contribution in [1.29, 1.82) is 0 Å². The summed E-state index contributed by atoms with van der Waals surface area (Å²) in [6, 6.07) is 11.6. The Balaban J connectivity index is 1.65. The van der Waals surface area contributed by atoms with Crippen molar-refractivity contribution in [3.05, 3.63) is 52.6 Å². The lowest BCUT2D eigenvalue weighted by Crippen LogP contribution is -2.41. The first-order valence-electron chi connectivity index (χ1n) is 8.95. The number of pyridine rings is 1. The van der Waals surface area contributed by atoms with Crippen LogP contribution in [-0.4, -0.2) is 41.3 Å². The maximum absolute atomic E-state index is 13.1. The van der Waals surface area contributed by atoms with E-state index in [2.05, 4.69) is 26.2 Å². The fourth-order valence-corrected chi connectivity index (χ4v) is 4.18. The topological polar surface area (TPSA) is 62.3 Å². The van der Waals surface area contributed by atoms with E-state index in [0.717, 1.165) is 40.3 Å². The van der Waals surface area contributed by atoms with E-state index in [1.807, 2.05) is 41.3 Å². The van der Waals surface area contributed by atoms with Crippen LogP contribution in [0.5, 0.6) is 0 Å². The van der Waals surface area contributed by atoms with E-state index in [4.69, 9.17) is 0 Å². The molecule has 1 aliphatic heterocycles. The van der Waals surface area contributed by atoms with Gasteiger partial charge in [0, 0.05) is 42.1 Å². The first kappa shape index (κ1) is 19.9. The van der Waals surface area contributed by atoms with Crippen molar-refractivity contribution >= 4 is 39.5 Å². The number of aromatic nitrogens is 1. The van der Waals surface area contributed by atoms with E-state index in [1.165, 1.54) is 18.7 Å². The third-order valence-corrected chi connectivity index (χ3v) is 6.07. The molecule has 0 unspecified atom stereocenters. The van der Waals surface area contributed by atoms with E-state index >= 15 is 0 Å². The van der Waals surface area contributed by atoms with Gasteiger partial charge in [0.05, 0.1) is 5.56 Å². The van der Waals surface area contributed by atoms with Crippen molar-refractivity contribution in [2.75, 3.05) is 19.6 Å². The molecule has 0 radical (unpaired) electrons. The van der Waals surface area contributed by atoms with Crippen molar-refractivity contribution in [2.24, 2.45) is 5.92 Å². The van der Waals surface area contributed by atoms with E-state index in [1.54, 1.807) is 6.20 Å². The van der Waals surface area contributed by atoms with Gasteiger partial charge < -0.3 is 10.2 Å². The first-order chi connectivity index (χ1) is 13.0. The van der Waals surface area contributed by atoms with Gasteiger partial charge in [0.2, 0.25) is 5.91 Å². The summed E-state index contributed by atoms with van der Waals surface area (Å²) in [4.78, 5) is 31.3. The van der Waals surface area contributed by atoms with Crippen molar-refractivity contribution in [1.82, 2.24) is 15.2 Å². The molecule has 1 aromatic heterocycles. The molecule has 1 aromatic carbocycles. The molecule has 27 heavy (non-hydrogen) atoms. The van der Waals surface area contributed by atoms with Gasteiger partial charge in [-0.3, -0.25) is 9.59 Å². The highest BCUT2D eigenvalue weighted by atomic mass is 79.9. The van der Waals surface area contributed by atoms with E-state index in [-0.39, 0.29) is 11.8 Å². The Bertz CT molecular complexity index is 805. The molecule has 1 N–H and O–H groups in total. The number of rotatable bonds is 5. The number of carbonyl (C=O) groups excluding carboxylic acids is 2. The molecule has 0 spiro atoms. The zero-order valence-electron chi connectivity index (χ0n) is 15.2. The minimum absolute atomic E-state index is 0.000935. The summed E-state index contributed by atoms with van der Waals surface area (Å²) in [6.45, 7) is 3.67. The molecule has 7 heteroatoms. The number of carbonyl (C=O) groups is 2. The summed E-state index contributed by atoms with van der Waals surface area (Å²) >= 11 is 4.89. The summed E-state index contributed by atoms with van der Waals surface area (Å²) in [7, 11) is 0. The largest absolute Gasteiger partial charge is 0.356 e. The van der Waals surface area contributed by atoms with Crippen molar-refractivity contribution in [3.63, 3.8) is 0 Å². The predicted octanol–water partition coefficient (Wildman–Crippen LogP) is 3.98. The molecule has 1 aliphatic rings. The number of hydrogen-bond acceptors (Lipinski definition) is 4. The Morgan fingerprint density at radius 1 is 1.22 bits per heavy atom. The molecular weight excluding hydrogens is 426 g/mol. The fourth-order valence-electron chi connectivity index (χ4n) is 3.07. The van der Waals surface area contributed by atoms with Crippen LogP contribution in [0.15, 0.2) is 57.0 Å². The van der Waals surface area contributed by atoms with Crippen LogP contribution in [0.2, 0.25) is 0 Å². The molecule has 0 atom stereocenters. The number of benzene rings is 1. The van der Waals surface area contributed by atoms with Crippen molar-refractivity contribution in [3.8, 4) is 0 Å². The molecule has 1 fully saturated rings. The van der Waals surface area contributed by atoms with Gasteiger partial charge in [0.25, 0.3) is 5.91 Å². The predicted molar refractivity (Wildman–Crippen MR) is 110 cm³/mol. The smallest absolute Gasteiger partial charge is 0.255 e. The lowest BCUT2D eigenvalue weighted by molar-refractivity contribution is -0.119. The van der Waals surface area contributed by atoms with Crippen molar-refractivity contribution < 1.29 is 9.59 Å². The molecule has 5 nitrogen and oxygen atoms in total. The minimum atomic E-state index is 0.000935. The third-order valence-electron chi connectivity index (χ3n) is 4.57. The summed E-state index contributed by atoms with van der Waals surface area (Å²) in [5.41, 5.74) is 0.715. The molecular formula is C20H22BrN3O2S. The van der Waals surface area contributed by atoms with Crippen LogP contribution in [0.25, 0.3) is 0 Å². The van der Waals surface area contributed by atoms with Gasteiger partial charge in [-0.05, 0) is 59.0 Å². The van der Waals surface area contributed by atoms with E-state index in [9.17, 15) is 9.59 Å². The van der Waals surface area contributed by atoms with E-state index < -0.39 is 0 Å². The summed E-state index contributed by atoms with van der Waals surface area (Å²) in [6.07, 6.45) is 3.58. The fraction of sp³-hybridized carbons (Fsp3) is 0.350. The summed E-state index contributed by atoms with van der Waals surface area (Å²) in [5, 5.41) is 3.73. The minimum Gasteiger partial charge on any atom is -0.356 e. The highest BCUT2D eigenvalue weighted by molar-refractivity contribution is 9.10. The van der Waals surface area contributed by atoms with Gasteiger partial charge in [-0.2, -0.15) is 0 Å². The Labute approximate surface area is 172 Å². The van der Waals surface area contributed by atoms with Crippen LogP contribution in [0.4, 0.5) is 0 Å². The summed E-state index contributed by atoms with van der Waals surface area (Å²) < 4.78 is 0.929. The summed E-state index contributed by atoms with van der Waals surface area (Å²) in [5.74, 6) is 0.503. The number of piperidine rings is 1. The Hall–Kier alpha value is -1.86. The molecule has 0 bridgehead atoms. The van der Waals surface area contributed by atoms with Gasteiger partial charge in [0.15, 0.2) is 0 Å². The molecule has 3 rings (SSSR count). The van der Waals surface area contributed by atoms with Crippen LogP contribution in [-0.2, 0) is 4.79 Å². The first-order valence-corrected chi connectivity index (χ1v) is 10.6. The molecule has 1 saturated heterocycles. The molecule has 2 aromatic rings. The monoisotopic (exact) mass is 447 g/mol. The third kappa shape index (κ3) is 5.56. The van der Waals surface area contributed by atoms with Crippen LogP contribution >= 0.6 is 27.7 Å². The van der Waals surface area contributed by atoms with E-state index in [0.29, 0.717) is 18.0 Å². The second-order valence-corrected chi connectivity index (χ2v) is 8.56. The number of amides is 2. The number of hydrogen-bond donors (Lipinski definition) is 1. The SMILES string of the molecule is CC(=O)NCC1CCN(C(=O)c2ccccc2Sc2ccc(Br)cn2)CC1. The number of nitrogens with zero attached hydrogens (tertiary/aromatic N) is 2. The number of likely N-dealkylation sites (tertiary alicyclic amines) is 1. The zero-order valence-corrected chi connectivity index (χ0v) is 17.6. The molecule has 142 valence electrons. The molecule has 2 heterocycles. The number of nitrogens with one attached hydrogen (secondary N) is 1. The van der Waals surface area contributed by atoms with Gasteiger partial charge in [0.1, 0.15) is 5.03 Å². The van der Waals surface area contributed by atoms with Crippen LogP contribution in [0.1, 0.15) is 30.1 Å². The van der Waals surface area contributed by atoms with Gasteiger partial charge >= 0.3 is 0 Å². The highest BCUT2D eigenvalue weighted by Gasteiger charge is 2.25. The second-order valence-electron chi connectivity index (χ2n) is 6.59. The Morgan fingerprint density at radius 3 is 2.63 bits per heavy atom. The maximum Gasteiger partial charge on any atom is 0.255 e. The van der Waals surface area contributed by atoms with Gasteiger partial charge in [-0.1, -0.05) is 23.9 Å². The van der Waals surface area contributed by atoms with Gasteiger partial charge in [-0.25, -0.2) is 4.98 Å². The van der Waals surface area contributed by atoms with Crippen LogP contribution < -0.4 is 5.32 Å². The zero-order chi connectivity index (χ0) is 19.2. The molecule has 0 saturated carbocycles. The quantitative estimate of drug-likeness (QED) is 0.752. The van der Waals surface area contributed by atoms with Crippen LogP contribution in [0, 0.1) is 5.92 Å². The van der Waals surface area contributed by atoms with Gasteiger partial charge in [-0.15, -0.1) is 0 Å². The Morgan fingerprint density at radius 2 is 1.96 bits per heavy atom. The average Bonchev–Trinajstić information content (AvgIpc) is 2.68.